The summed E-state index contributed by atoms with van der Waals surface area (Å²) in [5, 5.41) is 0. The average Bonchev–Trinajstić information content (AvgIpc) is 3.14. The van der Waals surface area contributed by atoms with Crippen molar-refractivity contribution in [1.82, 2.24) is 9.80 Å². The number of amides is 1. The van der Waals surface area contributed by atoms with E-state index in [1.807, 2.05) is 35.0 Å². The molecule has 2 heterocycles. The van der Waals surface area contributed by atoms with E-state index in [1.54, 1.807) is 0 Å². The molecule has 23 heavy (non-hydrogen) atoms. The van der Waals surface area contributed by atoms with Crippen molar-refractivity contribution in [2.75, 3.05) is 31.6 Å². The predicted molar refractivity (Wildman–Crippen MR) is 89.8 cm³/mol. The molecule has 0 aliphatic carbocycles. The third kappa shape index (κ3) is 3.75. The van der Waals surface area contributed by atoms with Crippen molar-refractivity contribution in [3.8, 4) is 0 Å². The highest BCUT2D eigenvalue weighted by Crippen LogP contribution is 2.32. The molecular formula is C17H24N2O3S. The monoisotopic (exact) mass is 336 g/mol. The van der Waals surface area contributed by atoms with Gasteiger partial charge in [0.1, 0.15) is 0 Å². The first-order valence-electron chi connectivity index (χ1n) is 8.21. The molecule has 2 saturated heterocycles. The number of likely N-dealkylation sites (N-methyl/N-ethyl adjacent to an activating group) is 1. The molecule has 0 spiro atoms. The summed E-state index contributed by atoms with van der Waals surface area (Å²) < 4.78 is 23.2. The molecule has 1 amide bonds. The van der Waals surface area contributed by atoms with Crippen LogP contribution in [0.1, 0.15) is 30.9 Å². The minimum Gasteiger partial charge on any atom is -0.335 e. The third-order valence-corrected chi connectivity index (χ3v) is 6.72. The number of benzene rings is 1. The molecule has 0 N–H and O–H groups in total. The van der Waals surface area contributed by atoms with Gasteiger partial charge in [-0.1, -0.05) is 30.3 Å². The van der Waals surface area contributed by atoms with Gasteiger partial charge >= 0.3 is 0 Å². The van der Waals surface area contributed by atoms with Crippen LogP contribution in [0.2, 0.25) is 0 Å². The first kappa shape index (κ1) is 16.5. The summed E-state index contributed by atoms with van der Waals surface area (Å²) in [4.78, 5) is 16.6. The second-order valence-electron chi connectivity index (χ2n) is 6.63. The SMILES string of the molecule is CN(CC(=O)N1CCC[C@@H]1c1ccccc1)[C@H]1CCS(=O)(=O)C1. The molecule has 1 aromatic rings. The van der Waals surface area contributed by atoms with Crippen LogP contribution in [0, 0.1) is 0 Å². The van der Waals surface area contributed by atoms with E-state index in [9.17, 15) is 13.2 Å². The fourth-order valence-electron chi connectivity index (χ4n) is 3.64. The molecular weight excluding hydrogens is 312 g/mol. The number of likely N-dealkylation sites (tertiary alicyclic amines) is 1. The normalized spacial score (nSPS) is 26.8. The molecule has 2 aliphatic heterocycles. The van der Waals surface area contributed by atoms with E-state index in [1.165, 1.54) is 5.56 Å². The molecule has 0 unspecified atom stereocenters. The standard InChI is InChI=1S/C17H24N2O3S/c1-18(15-9-11-23(21,22)13-15)12-17(20)19-10-5-8-16(19)14-6-3-2-4-7-14/h2-4,6-7,15-16H,5,8-13H2,1H3/t15-,16+/m0/s1. The van der Waals surface area contributed by atoms with Crippen LogP contribution in [-0.2, 0) is 14.6 Å². The molecule has 126 valence electrons. The van der Waals surface area contributed by atoms with Crippen LogP contribution >= 0.6 is 0 Å². The highest BCUT2D eigenvalue weighted by Gasteiger charge is 2.34. The van der Waals surface area contributed by atoms with E-state index in [2.05, 4.69) is 12.1 Å². The molecule has 3 rings (SSSR count). The van der Waals surface area contributed by atoms with Gasteiger partial charge in [0.25, 0.3) is 0 Å². The Labute approximate surface area is 138 Å². The Bertz CT molecular complexity index is 660. The van der Waals surface area contributed by atoms with Gasteiger partial charge < -0.3 is 4.90 Å². The van der Waals surface area contributed by atoms with E-state index >= 15 is 0 Å². The zero-order valence-electron chi connectivity index (χ0n) is 13.5. The summed E-state index contributed by atoms with van der Waals surface area (Å²) in [5.41, 5.74) is 1.18. The average molecular weight is 336 g/mol. The molecule has 6 heteroatoms. The molecule has 2 atom stereocenters. The van der Waals surface area contributed by atoms with Gasteiger partial charge in [-0.3, -0.25) is 9.69 Å². The van der Waals surface area contributed by atoms with Crippen LogP contribution in [0.5, 0.6) is 0 Å². The van der Waals surface area contributed by atoms with Crippen molar-refractivity contribution < 1.29 is 13.2 Å². The van der Waals surface area contributed by atoms with Gasteiger partial charge in [-0.25, -0.2) is 8.42 Å². The molecule has 0 saturated carbocycles. The Balaban J connectivity index is 1.63. The van der Waals surface area contributed by atoms with Crippen molar-refractivity contribution >= 4 is 15.7 Å². The lowest BCUT2D eigenvalue weighted by Crippen LogP contribution is -2.43. The molecule has 1 aromatic carbocycles. The summed E-state index contributed by atoms with van der Waals surface area (Å²) in [6.45, 7) is 1.08. The van der Waals surface area contributed by atoms with Gasteiger partial charge in [-0.2, -0.15) is 0 Å². The minimum absolute atomic E-state index is 0.0262. The first-order chi connectivity index (χ1) is 11.0. The summed E-state index contributed by atoms with van der Waals surface area (Å²) in [6, 6.07) is 10.3. The van der Waals surface area contributed by atoms with E-state index in [-0.39, 0.29) is 29.5 Å². The molecule has 0 radical (unpaired) electrons. The van der Waals surface area contributed by atoms with Crippen molar-refractivity contribution in [1.29, 1.82) is 0 Å². The lowest BCUT2D eigenvalue weighted by atomic mass is 10.0. The Morgan fingerprint density at radius 1 is 1.26 bits per heavy atom. The smallest absolute Gasteiger partial charge is 0.237 e. The number of hydrogen-bond donors (Lipinski definition) is 0. The number of carbonyl (C=O) groups is 1. The van der Waals surface area contributed by atoms with Gasteiger partial charge in [0, 0.05) is 12.6 Å². The largest absolute Gasteiger partial charge is 0.335 e. The molecule has 2 aliphatic rings. The lowest BCUT2D eigenvalue weighted by Gasteiger charge is -2.29. The zero-order chi connectivity index (χ0) is 16.4. The maximum absolute atomic E-state index is 12.7. The number of carbonyl (C=O) groups excluding carboxylic acids is 1. The van der Waals surface area contributed by atoms with Gasteiger partial charge in [-0.15, -0.1) is 0 Å². The van der Waals surface area contributed by atoms with Gasteiger partial charge in [0.15, 0.2) is 9.84 Å². The maximum Gasteiger partial charge on any atom is 0.237 e. The Morgan fingerprint density at radius 2 is 2.00 bits per heavy atom. The first-order valence-corrected chi connectivity index (χ1v) is 10.0. The summed E-state index contributed by atoms with van der Waals surface area (Å²) in [5.74, 6) is 0.522. The quantitative estimate of drug-likeness (QED) is 0.835. The molecule has 0 aromatic heterocycles. The van der Waals surface area contributed by atoms with Crippen LogP contribution in [0.4, 0.5) is 0 Å². The van der Waals surface area contributed by atoms with Crippen LogP contribution < -0.4 is 0 Å². The second-order valence-corrected chi connectivity index (χ2v) is 8.86. The Kier molecular flexibility index (Phi) is 4.73. The van der Waals surface area contributed by atoms with Crippen LogP contribution in [0.25, 0.3) is 0 Å². The van der Waals surface area contributed by atoms with Crippen molar-refractivity contribution in [3.05, 3.63) is 35.9 Å². The van der Waals surface area contributed by atoms with Crippen molar-refractivity contribution in [2.24, 2.45) is 0 Å². The van der Waals surface area contributed by atoms with E-state index in [0.29, 0.717) is 13.0 Å². The molecule has 0 bridgehead atoms. The summed E-state index contributed by atoms with van der Waals surface area (Å²) >= 11 is 0. The summed E-state index contributed by atoms with van der Waals surface area (Å²) in [6.07, 6.45) is 2.65. The third-order valence-electron chi connectivity index (χ3n) is 4.97. The van der Waals surface area contributed by atoms with Crippen LogP contribution in [0.3, 0.4) is 0 Å². The van der Waals surface area contributed by atoms with E-state index < -0.39 is 9.84 Å². The van der Waals surface area contributed by atoms with Crippen molar-refractivity contribution in [2.45, 2.75) is 31.3 Å². The number of hydrogen-bond acceptors (Lipinski definition) is 4. The van der Waals surface area contributed by atoms with E-state index in [4.69, 9.17) is 0 Å². The lowest BCUT2D eigenvalue weighted by molar-refractivity contribution is -0.133. The molecule has 5 nitrogen and oxygen atoms in total. The maximum atomic E-state index is 12.7. The Hall–Kier alpha value is -1.40. The minimum atomic E-state index is -2.92. The zero-order valence-corrected chi connectivity index (χ0v) is 14.3. The van der Waals surface area contributed by atoms with Crippen LogP contribution in [0.15, 0.2) is 30.3 Å². The van der Waals surface area contributed by atoms with Gasteiger partial charge in [-0.05, 0) is 31.9 Å². The van der Waals surface area contributed by atoms with Crippen LogP contribution in [-0.4, -0.2) is 61.8 Å². The second kappa shape index (κ2) is 6.61. The fraction of sp³-hybridized carbons (Fsp3) is 0.588. The highest BCUT2D eigenvalue weighted by molar-refractivity contribution is 7.91. The van der Waals surface area contributed by atoms with Crippen molar-refractivity contribution in [3.63, 3.8) is 0 Å². The van der Waals surface area contributed by atoms with E-state index in [0.717, 1.165) is 19.4 Å². The Morgan fingerprint density at radius 3 is 2.65 bits per heavy atom. The fourth-order valence-corrected chi connectivity index (χ4v) is 5.45. The van der Waals surface area contributed by atoms with Gasteiger partial charge in [0.05, 0.1) is 24.1 Å². The highest BCUT2D eigenvalue weighted by atomic mass is 32.2. The van der Waals surface area contributed by atoms with Gasteiger partial charge in [0.2, 0.25) is 5.91 Å². The molecule has 2 fully saturated rings. The number of rotatable bonds is 4. The summed E-state index contributed by atoms with van der Waals surface area (Å²) in [7, 11) is -1.06. The predicted octanol–water partition coefficient (Wildman–Crippen LogP) is 1.47. The topological polar surface area (TPSA) is 57.7 Å². The number of sulfone groups is 1. The number of nitrogens with zero attached hydrogens (tertiary/aromatic N) is 2.